The fraction of sp³-hybridized carbons (Fsp3) is 0. The van der Waals surface area contributed by atoms with Crippen molar-refractivity contribution in [2.45, 2.75) is 0 Å². The minimum absolute atomic E-state index is 0.0415. The van der Waals surface area contributed by atoms with Gasteiger partial charge in [-0.15, -0.1) is 0 Å². The molecule has 4 nitrogen and oxygen atoms in total. The van der Waals surface area contributed by atoms with Gasteiger partial charge in [-0.2, -0.15) is 0 Å². The van der Waals surface area contributed by atoms with Crippen molar-refractivity contribution in [3.63, 3.8) is 0 Å². The number of carbonyl (C=O) groups excluding carboxylic acids is 1. The Kier molecular flexibility index (Phi) is 3.30. The lowest BCUT2D eigenvalue weighted by Gasteiger charge is -2.05. The Morgan fingerprint density at radius 1 is 1.18 bits per heavy atom. The lowest BCUT2D eigenvalue weighted by Crippen LogP contribution is -2.17. The second kappa shape index (κ2) is 5.07. The van der Waals surface area contributed by atoms with Gasteiger partial charge in [0.2, 0.25) is 5.88 Å². The van der Waals surface area contributed by atoms with E-state index in [9.17, 15) is 9.18 Å². The highest BCUT2D eigenvalue weighted by Gasteiger charge is 2.05. The van der Waals surface area contributed by atoms with Gasteiger partial charge in [0.05, 0.1) is 6.20 Å². The molecule has 2 rings (SSSR count). The van der Waals surface area contributed by atoms with Gasteiger partial charge >= 0.3 is 6.09 Å². The quantitative estimate of drug-likeness (QED) is 0.866. The first kappa shape index (κ1) is 11.1. The van der Waals surface area contributed by atoms with Crippen LogP contribution in [0.4, 0.5) is 14.9 Å². The van der Waals surface area contributed by atoms with Gasteiger partial charge in [-0.3, -0.25) is 5.32 Å². The molecule has 1 heterocycles. The minimum Gasteiger partial charge on any atom is -0.391 e. The van der Waals surface area contributed by atoms with Gasteiger partial charge in [0.15, 0.2) is 0 Å². The summed E-state index contributed by atoms with van der Waals surface area (Å²) in [7, 11) is 0. The summed E-state index contributed by atoms with van der Waals surface area (Å²) in [6, 6.07) is 11.3. The van der Waals surface area contributed by atoms with E-state index < -0.39 is 11.9 Å². The largest absolute Gasteiger partial charge is 0.418 e. The number of hydrogen-bond acceptors (Lipinski definition) is 3. The van der Waals surface area contributed by atoms with Crippen molar-refractivity contribution < 1.29 is 13.9 Å². The first-order valence-electron chi connectivity index (χ1n) is 4.89. The zero-order valence-corrected chi connectivity index (χ0v) is 8.76. The third-order valence-electron chi connectivity index (χ3n) is 1.92. The Labute approximate surface area is 97.1 Å². The molecule has 0 spiro atoms. The molecule has 0 fully saturated rings. The number of amides is 1. The maximum Gasteiger partial charge on any atom is 0.418 e. The van der Waals surface area contributed by atoms with Crippen LogP contribution in [0.25, 0.3) is 0 Å². The van der Waals surface area contributed by atoms with Gasteiger partial charge in [0, 0.05) is 11.8 Å². The molecule has 86 valence electrons. The molecule has 1 N–H and O–H groups in total. The van der Waals surface area contributed by atoms with Crippen molar-refractivity contribution in [3.05, 3.63) is 54.5 Å². The monoisotopic (exact) mass is 232 g/mol. The highest BCUT2D eigenvalue weighted by Crippen LogP contribution is 2.09. The second-order valence-corrected chi connectivity index (χ2v) is 3.20. The van der Waals surface area contributed by atoms with E-state index in [4.69, 9.17) is 4.74 Å². The van der Waals surface area contributed by atoms with Gasteiger partial charge in [-0.05, 0) is 18.2 Å². The number of anilines is 1. The number of nitrogens with zero attached hydrogens (tertiary/aromatic N) is 1. The van der Waals surface area contributed by atoms with Crippen LogP contribution in [0.3, 0.4) is 0 Å². The Bertz CT molecular complexity index is 500. The fourth-order valence-corrected chi connectivity index (χ4v) is 1.18. The zero-order valence-electron chi connectivity index (χ0n) is 8.76. The smallest absolute Gasteiger partial charge is 0.391 e. The van der Waals surface area contributed by atoms with E-state index in [-0.39, 0.29) is 5.88 Å². The molecule has 1 aromatic carbocycles. The highest BCUT2D eigenvalue weighted by atomic mass is 19.1. The number of nitrogens with one attached hydrogen (secondary N) is 1. The van der Waals surface area contributed by atoms with Gasteiger partial charge in [0.25, 0.3) is 0 Å². The van der Waals surface area contributed by atoms with E-state index in [0.29, 0.717) is 5.69 Å². The van der Waals surface area contributed by atoms with Crippen LogP contribution in [-0.4, -0.2) is 11.1 Å². The van der Waals surface area contributed by atoms with Crippen LogP contribution >= 0.6 is 0 Å². The zero-order chi connectivity index (χ0) is 12.1. The number of rotatable bonds is 2. The highest BCUT2D eigenvalue weighted by molar-refractivity contribution is 5.85. The van der Waals surface area contributed by atoms with Crippen molar-refractivity contribution in [1.82, 2.24) is 4.98 Å². The summed E-state index contributed by atoms with van der Waals surface area (Å²) in [6.45, 7) is 0. The van der Waals surface area contributed by atoms with Crippen LogP contribution in [0.5, 0.6) is 5.88 Å². The molecule has 2 aromatic rings. The summed E-state index contributed by atoms with van der Waals surface area (Å²) in [4.78, 5) is 15.0. The van der Waals surface area contributed by atoms with Gasteiger partial charge in [-0.1, -0.05) is 18.2 Å². The summed E-state index contributed by atoms with van der Waals surface area (Å²) in [5, 5.41) is 2.51. The van der Waals surface area contributed by atoms with Crippen molar-refractivity contribution in [2.24, 2.45) is 0 Å². The van der Waals surface area contributed by atoms with Gasteiger partial charge < -0.3 is 4.74 Å². The van der Waals surface area contributed by atoms with E-state index in [1.807, 2.05) is 6.07 Å². The number of ether oxygens (including phenoxy) is 1. The molecule has 0 aliphatic heterocycles. The lowest BCUT2D eigenvalue weighted by molar-refractivity contribution is 0.213. The summed E-state index contributed by atoms with van der Waals surface area (Å²) in [5.74, 6) is -0.444. The predicted molar refractivity (Wildman–Crippen MR) is 60.3 cm³/mol. The molecule has 0 unspecified atom stereocenters. The van der Waals surface area contributed by atoms with Crippen LogP contribution in [0.1, 0.15) is 0 Å². The Hall–Kier alpha value is -2.43. The summed E-state index contributed by atoms with van der Waals surface area (Å²) in [5.41, 5.74) is 0.611. The molecule has 0 saturated heterocycles. The molecular formula is C12H9FN2O2. The predicted octanol–water partition coefficient (Wildman–Crippen LogP) is 2.83. The SMILES string of the molecule is O=C(Nc1ccccc1)Oc1ccc(F)cn1. The molecule has 0 saturated carbocycles. The Balaban J connectivity index is 1.96. The molecule has 0 aliphatic rings. The maximum absolute atomic E-state index is 12.6. The van der Waals surface area contributed by atoms with E-state index in [0.717, 1.165) is 12.3 Å². The molecule has 0 atom stereocenters. The molecule has 0 radical (unpaired) electrons. The van der Waals surface area contributed by atoms with E-state index in [2.05, 4.69) is 10.3 Å². The van der Waals surface area contributed by atoms with Gasteiger partial charge in [0.1, 0.15) is 5.82 Å². The van der Waals surface area contributed by atoms with Crippen molar-refractivity contribution in [2.75, 3.05) is 5.32 Å². The Morgan fingerprint density at radius 3 is 2.59 bits per heavy atom. The van der Waals surface area contributed by atoms with E-state index >= 15 is 0 Å². The van der Waals surface area contributed by atoms with Crippen molar-refractivity contribution >= 4 is 11.8 Å². The lowest BCUT2D eigenvalue weighted by atomic mass is 10.3. The average molecular weight is 232 g/mol. The fourth-order valence-electron chi connectivity index (χ4n) is 1.18. The van der Waals surface area contributed by atoms with Crippen molar-refractivity contribution in [3.8, 4) is 5.88 Å². The number of aromatic nitrogens is 1. The molecular weight excluding hydrogens is 223 g/mol. The molecule has 1 amide bonds. The van der Waals surface area contributed by atoms with E-state index in [1.54, 1.807) is 24.3 Å². The number of pyridine rings is 1. The number of halogens is 1. The number of benzene rings is 1. The molecule has 5 heteroatoms. The summed E-state index contributed by atoms with van der Waals surface area (Å²) in [6.07, 6.45) is 0.306. The van der Waals surface area contributed by atoms with Crippen LogP contribution in [0.2, 0.25) is 0 Å². The number of hydrogen-bond donors (Lipinski definition) is 1. The average Bonchev–Trinajstić information content (AvgIpc) is 2.33. The summed E-state index contributed by atoms with van der Waals surface area (Å²) >= 11 is 0. The minimum atomic E-state index is -0.671. The van der Waals surface area contributed by atoms with Crippen LogP contribution < -0.4 is 10.1 Å². The van der Waals surface area contributed by atoms with Crippen molar-refractivity contribution in [1.29, 1.82) is 0 Å². The first-order valence-corrected chi connectivity index (χ1v) is 4.89. The Morgan fingerprint density at radius 2 is 1.94 bits per heavy atom. The maximum atomic E-state index is 12.6. The molecule has 1 aromatic heterocycles. The van der Waals surface area contributed by atoms with Crippen LogP contribution in [0.15, 0.2) is 48.7 Å². The topological polar surface area (TPSA) is 51.2 Å². The third-order valence-corrected chi connectivity index (χ3v) is 1.92. The molecule has 0 aliphatic carbocycles. The first-order chi connectivity index (χ1) is 8.24. The van der Waals surface area contributed by atoms with E-state index in [1.165, 1.54) is 6.07 Å². The number of para-hydroxylation sites is 1. The standard InChI is InChI=1S/C12H9FN2O2/c13-9-6-7-11(14-8-9)17-12(16)15-10-4-2-1-3-5-10/h1-8H,(H,15,16). The molecule has 0 bridgehead atoms. The van der Waals surface area contributed by atoms with Gasteiger partial charge in [-0.25, -0.2) is 14.2 Å². The summed E-state index contributed by atoms with van der Waals surface area (Å²) < 4.78 is 17.4. The van der Waals surface area contributed by atoms with Crippen LogP contribution in [0, 0.1) is 5.82 Å². The normalized spacial score (nSPS) is 9.71. The number of carbonyl (C=O) groups is 1. The second-order valence-electron chi connectivity index (χ2n) is 3.20. The van der Waals surface area contributed by atoms with Crippen LogP contribution in [-0.2, 0) is 0 Å². The third kappa shape index (κ3) is 3.27. The molecule has 17 heavy (non-hydrogen) atoms.